The van der Waals surface area contributed by atoms with Crippen LogP contribution in [0.2, 0.25) is 0 Å². The topological polar surface area (TPSA) is 105 Å². The summed E-state index contributed by atoms with van der Waals surface area (Å²) in [6, 6.07) is 2.83. The van der Waals surface area contributed by atoms with Crippen LogP contribution in [0.15, 0.2) is 23.2 Å². The zero-order chi connectivity index (χ0) is 12.5. The molecular formula is C10H15N3O3S. The number of aliphatic hydroxyl groups is 1. The summed E-state index contributed by atoms with van der Waals surface area (Å²) < 4.78 is 26.5. The second-order valence-electron chi connectivity index (χ2n) is 4.32. The van der Waals surface area contributed by atoms with E-state index in [0.29, 0.717) is 12.8 Å². The molecule has 17 heavy (non-hydrogen) atoms. The first kappa shape index (κ1) is 12.3. The van der Waals surface area contributed by atoms with Gasteiger partial charge in [0.2, 0.25) is 10.0 Å². The smallest absolute Gasteiger partial charge is 0.242 e. The molecule has 0 aromatic carbocycles. The number of nitrogens with one attached hydrogen (secondary N) is 1. The molecule has 1 fully saturated rings. The number of sulfonamides is 1. The highest BCUT2D eigenvalue weighted by atomic mass is 32.2. The van der Waals surface area contributed by atoms with Crippen LogP contribution in [-0.2, 0) is 10.0 Å². The maximum Gasteiger partial charge on any atom is 0.242 e. The molecule has 1 aromatic rings. The van der Waals surface area contributed by atoms with Gasteiger partial charge >= 0.3 is 0 Å². The Kier molecular flexibility index (Phi) is 3.07. The maximum absolute atomic E-state index is 12.0. The molecule has 0 spiro atoms. The predicted octanol–water partition coefficient (Wildman–Crippen LogP) is -0.143. The number of anilines is 1. The van der Waals surface area contributed by atoms with Crippen LogP contribution in [0.5, 0.6) is 0 Å². The first-order valence-electron chi connectivity index (χ1n) is 5.34. The number of hydrogen-bond donors (Lipinski definition) is 3. The Morgan fingerprint density at radius 2 is 2.18 bits per heavy atom. The molecule has 0 radical (unpaired) electrons. The molecule has 1 heterocycles. The van der Waals surface area contributed by atoms with Crippen LogP contribution in [-0.4, -0.2) is 30.7 Å². The molecule has 0 bridgehead atoms. The van der Waals surface area contributed by atoms with Crippen molar-refractivity contribution in [1.82, 2.24) is 9.71 Å². The highest BCUT2D eigenvalue weighted by molar-refractivity contribution is 7.89. The molecule has 6 nitrogen and oxygen atoms in total. The first-order chi connectivity index (χ1) is 7.97. The summed E-state index contributed by atoms with van der Waals surface area (Å²) >= 11 is 0. The minimum Gasteiger partial charge on any atom is -0.394 e. The monoisotopic (exact) mass is 257 g/mol. The van der Waals surface area contributed by atoms with Gasteiger partial charge in [-0.2, -0.15) is 0 Å². The third-order valence-corrected chi connectivity index (χ3v) is 4.60. The Labute approximate surface area is 99.9 Å². The lowest BCUT2D eigenvalue weighted by molar-refractivity contribution is 0.110. The van der Waals surface area contributed by atoms with E-state index in [1.807, 2.05) is 0 Å². The Hall–Kier alpha value is -1.18. The fourth-order valence-corrected chi connectivity index (χ4v) is 3.19. The van der Waals surface area contributed by atoms with Crippen molar-refractivity contribution in [3.05, 3.63) is 18.3 Å². The SMILES string of the molecule is Nc1ccc(S(=O)(=O)NC2(CO)CCC2)cn1. The number of nitrogens with zero attached hydrogens (tertiary/aromatic N) is 1. The molecule has 0 aliphatic heterocycles. The van der Waals surface area contributed by atoms with Crippen molar-refractivity contribution in [3.8, 4) is 0 Å². The summed E-state index contributed by atoms with van der Waals surface area (Å²) in [7, 11) is -3.64. The fraction of sp³-hybridized carbons (Fsp3) is 0.500. The van der Waals surface area contributed by atoms with E-state index in [4.69, 9.17) is 5.73 Å². The fourth-order valence-electron chi connectivity index (χ4n) is 1.79. The number of hydrogen-bond acceptors (Lipinski definition) is 5. The molecule has 1 aliphatic carbocycles. The highest BCUT2D eigenvalue weighted by Crippen LogP contribution is 2.32. The Balaban J connectivity index is 2.22. The second-order valence-corrected chi connectivity index (χ2v) is 6.00. The number of pyridine rings is 1. The van der Waals surface area contributed by atoms with Gasteiger partial charge in [0.05, 0.1) is 12.1 Å². The van der Waals surface area contributed by atoms with Crippen molar-refractivity contribution >= 4 is 15.8 Å². The van der Waals surface area contributed by atoms with E-state index in [1.165, 1.54) is 18.3 Å². The average Bonchev–Trinajstić information content (AvgIpc) is 2.24. The highest BCUT2D eigenvalue weighted by Gasteiger charge is 2.40. The lowest BCUT2D eigenvalue weighted by Gasteiger charge is -2.40. The molecule has 0 unspecified atom stereocenters. The molecule has 2 rings (SSSR count). The number of nitrogen functional groups attached to an aromatic ring is 1. The lowest BCUT2D eigenvalue weighted by Crippen LogP contribution is -2.55. The van der Waals surface area contributed by atoms with Crippen LogP contribution < -0.4 is 10.5 Å². The quantitative estimate of drug-likeness (QED) is 0.696. The van der Waals surface area contributed by atoms with Crippen molar-refractivity contribution in [2.45, 2.75) is 29.7 Å². The van der Waals surface area contributed by atoms with Gasteiger partial charge in [0.25, 0.3) is 0 Å². The van der Waals surface area contributed by atoms with E-state index in [-0.39, 0.29) is 17.3 Å². The molecule has 94 valence electrons. The Morgan fingerprint density at radius 1 is 1.47 bits per heavy atom. The predicted molar refractivity (Wildman–Crippen MR) is 62.6 cm³/mol. The molecule has 4 N–H and O–H groups in total. The van der Waals surface area contributed by atoms with E-state index in [0.717, 1.165) is 6.42 Å². The van der Waals surface area contributed by atoms with Crippen LogP contribution >= 0.6 is 0 Å². The molecular weight excluding hydrogens is 242 g/mol. The summed E-state index contributed by atoms with van der Waals surface area (Å²) in [5.74, 6) is 0.268. The van der Waals surface area contributed by atoms with E-state index < -0.39 is 15.6 Å². The summed E-state index contributed by atoms with van der Waals surface area (Å²) in [6.45, 7) is -0.186. The number of aliphatic hydroxyl groups excluding tert-OH is 1. The molecule has 1 aliphatic rings. The summed E-state index contributed by atoms with van der Waals surface area (Å²) in [6.07, 6.45) is 3.45. The third kappa shape index (κ3) is 2.41. The van der Waals surface area contributed by atoms with Crippen molar-refractivity contribution in [1.29, 1.82) is 0 Å². The molecule has 7 heteroatoms. The van der Waals surface area contributed by atoms with Gasteiger partial charge < -0.3 is 10.8 Å². The van der Waals surface area contributed by atoms with Crippen LogP contribution in [0.1, 0.15) is 19.3 Å². The number of rotatable bonds is 4. The van der Waals surface area contributed by atoms with Gasteiger partial charge in [-0.25, -0.2) is 18.1 Å². The minimum atomic E-state index is -3.64. The Morgan fingerprint density at radius 3 is 2.59 bits per heavy atom. The first-order valence-corrected chi connectivity index (χ1v) is 6.82. The van der Waals surface area contributed by atoms with Crippen molar-refractivity contribution in [2.24, 2.45) is 0 Å². The standard InChI is InChI=1S/C10H15N3O3S/c11-9-3-2-8(6-12-9)17(15,16)13-10(7-14)4-1-5-10/h2-3,6,13-14H,1,4-5,7H2,(H2,11,12). The van der Waals surface area contributed by atoms with E-state index >= 15 is 0 Å². The van der Waals surface area contributed by atoms with Crippen LogP contribution in [0.25, 0.3) is 0 Å². The summed E-state index contributed by atoms with van der Waals surface area (Å²) in [5, 5.41) is 9.23. The zero-order valence-corrected chi connectivity index (χ0v) is 10.1. The van der Waals surface area contributed by atoms with Crippen molar-refractivity contribution < 1.29 is 13.5 Å². The normalized spacial score (nSPS) is 18.6. The van der Waals surface area contributed by atoms with Gasteiger partial charge in [0.15, 0.2) is 0 Å². The van der Waals surface area contributed by atoms with Crippen molar-refractivity contribution in [3.63, 3.8) is 0 Å². The van der Waals surface area contributed by atoms with Gasteiger partial charge in [-0.05, 0) is 31.4 Å². The lowest BCUT2D eigenvalue weighted by atomic mass is 9.78. The van der Waals surface area contributed by atoms with E-state index in [9.17, 15) is 13.5 Å². The van der Waals surface area contributed by atoms with Crippen LogP contribution in [0.4, 0.5) is 5.82 Å². The number of nitrogens with two attached hydrogens (primary N) is 1. The maximum atomic E-state index is 12.0. The molecule has 1 saturated carbocycles. The zero-order valence-electron chi connectivity index (χ0n) is 9.26. The van der Waals surface area contributed by atoms with Gasteiger partial charge in [-0.3, -0.25) is 0 Å². The van der Waals surface area contributed by atoms with Gasteiger partial charge in [-0.1, -0.05) is 0 Å². The molecule has 0 amide bonds. The van der Waals surface area contributed by atoms with E-state index in [2.05, 4.69) is 9.71 Å². The average molecular weight is 257 g/mol. The summed E-state index contributed by atoms with van der Waals surface area (Å²) in [5.41, 5.74) is 4.70. The van der Waals surface area contributed by atoms with Gasteiger partial charge in [-0.15, -0.1) is 0 Å². The third-order valence-electron chi connectivity index (χ3n) is 3.03. The molecule has 0 atom stereocenters. The van der Waals surface area contributed by atoms with Crippen LogP contribution in [0, 0.1) is 0 Å². The molecule has 0 saturated heterocycles. The minimum absolute atomic E-state index is 0.0615. The summed E-state index contributed by atoms with van der Waals surface area (Å²) in [4.78, 5) is 3.80. The van der Waals surface area contributed by atoms with Gasteiger partial charge in [0.1, 0.15) is 10.7 Å². The largest absolute Gasteiger partial charge is 0.394 e. The molecule has 1 aromatic heterocycles. The van der Waals surface area contributed by atoms with Crippen molar-refractivity contribution in [2.75, 3.05) is 12.3 Å². The number of aromatic nitrogens is 1. The Bertz CT molecular complexity index is 489. The van der Waals surface area contributed by atoms with E-state index in [1.54, 1.807) is 0 Å². The van der Waals surface area contributed by atoms with Gasteiger partial charge in [0, 0.05) is 6.20 Å². The van der Waals surface area contributed by atoms with Crippen LogP contribution in [0.3, 0.4) is 0 Å². The second kappa shape index (κ2) is 4.25.